The highest BCUT2D eigenvalue weighted by Gasteiger charge is 2.61. The molecule has 2 saturated heterocycles. The Balaban J connectivity index is 1.78. The van der Waals surface area contributed by atoms with Crippen LogP contribution in [-0.2, 0) is 25.6 Å². The van der Waals surface area contributed by atoms with Gasteiger partial charge in [-0.1, -0.05) is 50.6 Å². The Kier molecular flexibility index (Phi) is 4.79. The second-order valence-corrected chi connectivity index (χ2v) is 6.97. The van der Waals surface area contributed by atoms with Gasteiger partial charge in [0.15, 0.2) is 12.1 Å². The quantitative estimate of drug-likeness (QED) is 0.793. The Hall–Kier alpha value is -0.940. The van der Waals surface area contributed by atoms with E-state index in [0.717, 1.165) is 24.8 Å². The van der Waals surface area contributed by atoms with Crippen LogP contribution in [0.25, 0.3) is 0 Å². The molecule has 0 radical (unpaired) electrons. The molecule has 0 saturated carbocycles. The van der Waals surface area contributed by atoms with Crippen LogP contribution in [0.15, 0.2) is 30.3 Å². The number of hydrogen-bond donors (Lipinski definition) is 0. The lowest BCUT2D eigenvalue weighted by Crippen LogP contribution is -2.46. The summed E-state index contributed by atoms with van der Waals surface area (Å²) in [6.45, 7) is 8.75. The molecular weight excluding hydrogens is 292 g/mol. The maximum atomic E-state index is 6.33. The van der Waals surface area contributed by atoms with E-state index in [1.807, 2.05) is 32.0 Å². The van der Waals surface area contributed by atoms with Crippen LogP contribution in [0, 0.1) is 0 Å². The lowest BCUT2D eigenvalue weighted by atomic mass is 9.87. The Morgan fingerprint density at radius 3 is 2.43 bits per heavy atom. The summed E-state index contributed by atoms with van der Waals surface area (Å²) in [5.74, 6) is -0.615. The Morgan fingerprint density at radius 1 is 1.04 bits per heavy atom. The van der Waals surface area contributed by atoms with Crippen molar-refractivity contribution in [2.45, 2.75) is 83.5 Å². The number of hydrogen-bond acceptors (Lipinski definition) is 4. The van der Waals surface area contributed by atoms with Gasteiger partial charge in [-0.25, -0.2) is 0 Å². The summed E-state index contributed by atoms with van der Waals surface area (Å²) < 4.78 is 24.7. The van der Waals surface area contributed by atoms with Crippen LogP contribution in [0.3, 0.4) is 0 Å². The summed E-state index contributed by atoms with van der Waals surface area (Å²) >= 11 is 0. The standard InChI is InChI=1S/C19H28O4/c1-5-12-19(6-2)16(20-13-14-10-8-7-9-11-14)15-17(23-19)22-18(3,4)21-15/h7-11,15-17H,5-6,12-13H2,1-4H3/t15-,16?,17-,19-/m0/s1. The first-order chi connectivity index (χ1) is 11.0. The van der Waals surface area contributed by atoms with Gasteiger partial charge in [-0.05, 0) is 32.3 Å². The highest BCUT2D eigenvalue weighted by Crippen LogP contribution is 2.47. The first-order valence-corrected chi connectivity index (χ1v) is 8.68. The van der Waals surface area contributed by atoms with Gasteiger partial charge in [-0.15, -0.1) is 0 Å². The van der Waals surface area contributed by atoms with Crippen molar-refractivity contribution in [1.82, 2.24) is 0 Å². The zero-order valence-corrected chi connectivity index (χ0v) is 14.6. The molecule has 2 fully saturated rings. The molecule has 4 atom stereocenters. The molecule has 2 aliphatic heterocycles. The first kappa shape index (κ1) is 16.9. The van der Waals surface area contributed by atoms with Crippen LogP contribution < -0.4 is 0 Å². The molecule has 3 rings (SSSR count). The van der Waals surface area contributed by atoms with E-state index in [1.54, 1.807) is 0 Å². The van der Waals surface area contributed by atoms with Gasteiger partial charge in [0.05, 0.1) is 6.61 Å². The van der Waals surface area contributed by atoms with Crippen LogP contribution in [-0.4, -0.2) is 29.9 Å². The first-order valence-electron chi connectivity index (χ1n) is 8.68. The summed E-state index contributed by atoms with van der Waals surface area (Å²) in [5.41, 5.74) is 0.839. The minimum absolute atomic E-state index is 0.112. The van der Waals surface area contributed by atoms with Crippen molar-refractivity contribution in [1.29, 1.82) is 0 Å². The summed E-state index contributed by atoms with van der Waals surface area (Å²) in [6.07, 6.45) is 2.27. The van der Waals surface area contributed by atoms with Crippen LogP contribution in [0.2, 0.25) is 0 Å². The predicted molar refractivity (Wildman–Crippen MR) is 87.9 cm³/mol. The third kappa shape index (κ3) is 3.31. The zero-order chi connectivity index (χ0) is 16.5. The topological polar surface area (TPSA) is 36.9 Å². The molecule has 128 valence electrons. The lowest BCUT2D eigenvalue weighted by molar-refractivity contribution is -0.247. The predicted octanol–water partition coefficient (Wildman–Crippen LogP) is 4.03. The van der Waals surface area contributed by atoms with Gasteiger partial charge in [-0.2, -0.15) is 0 Å². The van der Waals surface area contributed by atoms with Crippen LogP contribution >= 0.6 is 0 Å². The van der Waals surface area contributed by atoms with E-state index in [4.69, 9.17) is 18.9 Å². The number of benzene rings is 1. The highest BCUT2D eigenvalue weighted by atomic mass is 16.8. The molecule has 23 heavy (non-hydrogen) atoms. The molecule has 1 aromatic rings. The van der Waals surface area contributed by atoms with Gasteiger partial charge in [0.2, 0.25) is 0 Å². The molecule has 0 aromatic heterocycles. The fraction of sp³-hybridized carbons (Fsp3) is 0.684. The Labute approximate surface area is 139 Å². The van der Waals surface area contributed by atoms with Crippen molar-refractivity contribution >= 4 is 0 Å². The van der Waals surface area contributed by atoms with Gasteiger partial charge in [0, 0.05) is 0 Å². The van der Waals surface area contributed by atoms with Gasteiger partial charge in [-0.3, -0.25) is 0 Å². The maximum absolute atomic E-state index is 6.33. The number of fused-ring (bicyclic) bond motifs is 1. The second-order valence-electron chi connectivity index (χ2n) is 6.97. The zero-order valence-electron chi connectivity index (χ0n) is 14.6. The molecule has 0 amide bonds. The van der Waals surface area contributed by atoms with Crippen LogP contribution in [0.1, 0.15) is 52.5 Å². The molecule has 4 heteroatoms. The molecule has 2 heterocycles. The molecule has 2 aliphatic rings. The van der Waals surface area contributed by atoms with E-state index in [0.29, 0.717) is 6.61 Å². The minimum atomic E-state index is -0.615. The summed E-state index contributed by atoms with van der Waals surface area (Å²) in [5, 5.41) is 0. The molecule has 0 N–H and O–H groups in total. The molecular formula is C19H28O4. The minimum Gasteiger partial charge on any atom is -0.368 e. The van der Waals surface area contributed by atoms with E-state index < -0.39 is 5.79 Å². The van der Waals surface area contributed by atoms with Crippen molar-refractivity contribution in [2.24, 2.45) is 0 Å². The maximum Gasteiger partial charge on any atom is 0.190 e. The third-order valence-electron chi connectivity index (χ3n) is 4.80. The smallest absolute Gasteiger partial charge is 0.190 e. The van der Waals surface area contributed by atoms with E-state index in [1.165, 1.54) is 0 Å². The summed E-state index contributed by atoms with van der Waals surface area (Å²) in [7, 11) is 0. The van der Waals surface area contributed by atoms with Gasteiger partial charge >= 0.3 is 0 Å². The largest absolute Gasteiger partial charge is 0.368 e. The van der Waals surface area contributed by atoms with E-state index in [2.05, 4.69) is 26.0 Å². The van der Waals surface area contributed by atoms with E-state index >= 15 is 0 Å². The number of ether oxygens (including phenoxy) is 4. The molecule has 0 spiro atoms. The second kappa shape index (κ2) is 6.52. The van der Waals surface area contributed by atoms with Crippen molar-refractivity contribution in [2.75, 3.05) is 0 Å². The molecule has 0 aliphatic carbocycles. The normalized spacial score (nSPS) is 35.4. The van der Waals surface area contributed by atoms with Gasteiger partial charge in [0.25, 0.3) is 0 Å². The van der Waals surface area contributed by atoms with Crippen LogP contribution in [0.5, 0.6) is 0 Å². The molecule has 0 bridgehead atoms. The summed E-state index contributed by atoms with van der Waals surface area (Å²) in [4.78, 5) is 0. The number of rotatable bonds is 6. The van der Waals surface area contributed by atoms with E-state index in [-0.39, 0.29) is 24.1 Å². The fourth-order valence-corrected chi connectivity index (χ4v) is 3.74. The van der Waals surface area contributed by atoms with Crippen molar-refractivity contribution < 1.29 is 18.9 Å². The fourth-order valence-electron chi connectivity index (χ4n) is 3.74. The SMILES string of the molecule is CCC[C@]1(CC)O[C@@H]2OC(C)(C)O[C@H]2C1OCc1ccccc1. The molecule has 4 nitrogen and oxygen atoms in total. The lowest BCUT2D eigenvalue weighted by Gasteiger charge is -2.36. The Bertz CT molecular complexity index is 515. The van der Waals surface area contributed by atoms with Gasteiger partial charge < -0.3 is 18.9 Å². The highest BCUT2D eigenvalue weighted by molar-refractivity contribution is 5.14. The van der Waals surface area contributed by atoms with Crippen LogP contribution in [0.4, 0.5) is 0 Å². The monoisotopic (exact) mass is 320 g/mol. The molecule has 1 unspecified atom stereocenters. The van der Waals surface area contributed by atoms with Crippen molar-refractivity contribution in [3.63, 3.8) is 0 Å². The molecule has 1 aromatic carbocycles. The summed E-state index contributed by atoms with van der Waals surface area (Å²) in [6, 6.07) is 10.2. The average Bonchev–Trinajstić information content (AvgIpc) is 2.96. The Morgan fingerprint density at radius 2 is 1.78 bits per heavy atom. The van der Waals surface area contributed by atoms with E-state index in [9.17, 15) is 0 Å². The van der Waals surface area contributed by atoms with Crippen molar-refractivity contribution in [3.05, 3.63) is 35.9 Å². The average molecular weight is 320 g/mol. The van der Waals surface area contributed by atoms with Crippen molar-refractivity contribution in [3.8, 4) is 0 Å². The van der Waals surface area contributed by atoms with Gasteiger partial charge in [0.1, 0.15) is 17.8 Å². The third-order valence-corrected chi connectivity index (χ3v) is 4.80.